The first kappa shape index (κ1) is 15.3. The minimum absolute atomic E-state index is 0.843. The lowest BCUT2D eigenvalue weighted by atomic mass is 9.68. The van der Waals surface area contributed by atoms with Gasteiger partial charge in [0, 0.05) is 6.04 Å². The molecule has 2 fully saturated rings. The van der Waals surface area contributed by atoms with Crippen molar-refractivity contribution in [2.24, 2.45) is 11.8 Å². The molecule has 2 nitrogen and oxygen atoms in total. The molecular weight excluding hydrogens is 232 g/mol. The Balaban J connectivity index is 1.67. The van der Waals surface area contributed by atoms with Crippen LogP contribution in [0.3, 0.4) is 0 Å². The van der Waals surface area contributed by atoms with Crippen LogP contribution in [0.5, 0.6) is 0 Å². The molecule has 0 aromatic heterocycles. The first-order valence-electron chi connectivity index (χ1n) is 8.80. The summed E-state index contributed by atoms with van der Waals surface area (Å²) < 4.78 is 0. The van der Waals surface area contributed by atoms with Crippen LogP contribution in [0.1, 0.15) is 65.2 Å². The van der Waals surface area contributed by atoms with Crippen molar-refractivity contribution in [3.63, 3.8) is 0 Å². The van der Waals surface area contributed by atoms with Gasteiger partial charge in [-0.25, -0.2) is 0 Å². The van der Waals surface area contributed by atoms with Crippen molar-refractivity contribution in [3.8, 4) is 0 Å². The Kier molecular flexibility index (Phi) is 6.66. The Morgan fingerprint density at radius 3 is 2.47 bits per heavy atom. The summed E-state index contributed by atoms with van der Waals surface area (Å²) in [5.74, 6) is 2.07. The third kappa shape index (κ3) is 4.46. The molecule has 2 rings (SSSR count). The molecule has 0 radical (unpaired) electrons. The van der Waals surface area contributed by atoms with E-state index in [1.54, 1.807) is 0 Å². The molecule has 3 atom stereocenters. The van der Waals surface area contributed by atoms with Gasteiger partial charge < -0.3 is 10.2 Å². The molecule has 2 heteroatoms. The van der Waals surface area contributed by atoms with Crippen molar-refractivity contribution >= 4 is 0 Å². The van der Waals surface area contributed by atoms with E-state index < -0.39 is 0 Å². The van der Waals surface area contributed by atoms with Crippen LogP contribution in [0.4, 0.5) is 0 Å². The van der Waals surface area contributed by atoms with Crippen LogP contribution in [0.2, 0.25) is 0 Å². The quantitative estimate of drug-likeness (QED) is 0.707. The van der Waals surface area contributed by atoms with E-state index in [2.05, 4.69) is 24.1 Å². The van der Waals surface area contributed by atoms with E-state index in [-0.39, 0.29) is 0 Å². The highest BCUT2D eigenvalue weighted by Gasteiger charge is 2.34. The van der Waals surface area contributed by atoms with Gasteiger partial charge >= 0.3 is 0 Å². The minimum Gasteiger partial charge on any atom is -0.314 e. The molecule has 0 amide bonds. The number of hydrogen-bond acceptors (Lipinski definition) is 2. The molecule has 2 aliphatic carbocycles. The topological polar surface area (TPSA) is 15.3 Å². The van der Waals surface area contributed by atoms with Gasteiger partial charge in [0.2, 0.25) is 0 Å². The number of hydrogen-bond donors (Lipinski definition) is 1. The average molecular weight is 266 g/mol. The number of fused-ring (bicyclic) bond motifs is 1. The molecule has 112 valence electrons. The van der Waals surface area contributed by atoms with E-state index in [1.165, 1.54) is 77.5 Å². The summed E-state index contributed by atoms with van der Waals surface area (Å²) in [4.78, 5) is 2.53. The molecule has 0 saturated heterocycles. The predicted octanol–water partition coefficient (Wildman–Crippen LogP) is 3.67. The lowest BCUT2D eigenvalue weighted by Crippen LogP contribution is -2.44. The van der Waals surface area contributed by atoms with Crippen molar-refractivity contribution in [3.05, 3.63) is 0 Å². The summed E-state index contributed by atoms with van der Waals surface area (Å²) in [5, 5.41) is 3.90. The normalized spacial score (nSPS) is 31.4. The zero-order chi connectivity index (χ0) is 13.5. The smallest absolute Gasteiger partial charge is 0.00979 e. The maximum atomic E-state index is 3.90. The van der Waals surface area contributed by atoms with Crippen LogP contribution in [0.15, 0.2) is 0 Å². The predicted molar refractivity (Wildman–Crippen MR) is 83.5 cm³/mol. The number of nitrogens with one attached hydrogen (secondary N) is 1. The largest absolute Gasteiger partial charge is 0.314 e. The van der Waals surface area contributed by atoms with E-state index in [1.807, 2.05) is 0 Å². The summed E-state index contributed by atoms with van der Waals surface area (Å²) in [6.07, 6.45) is 11.7. The van der Waals surface area contributed by atoms with Crippen LogP contribution < -0.4 is 5.32 Å². The van der Waals surface area contributed by atoms with Gasteiger partial charge in [0.15, 0.2) is 0 Å². The van der Waals surface area contributed by atoms with Crippen molar-refractivity contribution < 1.29 is 0 Å². The molecule has 1 unspecified atom stereocenters. The maximum absolute atomic E-state index is 3.90. The van der Waals surface area contributed by atoms with Gasteiger partial charge in [-0.3, -0.25) is 0 Å². The van der Waals surface area contributed by atoms with E-state index in [0.29, 0.717) is 0 Å². The van der Waals surface area contributed by atoms with Crippen LogP contribution in [-0.2, 0) is 0 Å². The summed E-state index contributed by atoms with van der Waals surface area (Å²) in [6.45, 7) is 9.43. The Morgan fingerprint density at radius 1 is 0.947 bits per heavy atom. The molecule has 0 spiro atoms. The Hall–Kier alpha value is -0.0800. The Bertz CT molecular complexity index is 235. The first-order valence-corrected chi connectivity index (χ1v) is 8.80. The summed E-state index contributed by atoms with van der Waals surface area (Å²) in [7, 11) is 0. The number of rotatable bonds is 7. The zero-order valence-electron chi connectivity index (χ0n) is 13.2. The van der Waals surface area contributed by atoms with E-state index in [0.717, 1.165) is 17.9 Å². The minimum atomic E-state index is 0.843. The second-order valence-corrected chi connectivity index (χ2v) is 6.58. The lowest BCUT2D eigenvalue weighted by molar-refractivity contribution is 0.125. The third-order valence-corrected chi connectivity index (χ3v) is 5.53. The van der Waals surface area contributed by atoms with Crippen molar-refractivity contribution in [1.29, 1.82) is 0 Å². The molecular formula is C17H34N2. The standard InChI is InChI=1S/C17H34N2/c1-3-19(4-2)14-8-13-18-17-12-7-10-15-9-5-6-11-16(15)17/h15-18H,3-14H2,1-2H3/t15-,16?,17+/m1/s1. The van der Waals surface area contributed by atoms with Crippen molar-refractivity contribution in [2.45, 2.75) is 71.3 Å². The van der Waals surface area contributed by atoms with Gasteiger partial charge in [0.25, 0.3) is 0 Å². The summed E-state index contributed by atoms with van der Waals surface area (Å²) in [6, 6.07) is 0.843. The fourth-order valence-electron chi connectivity index (χ4n) is 4.32. The van der Waals surface area contributed by atoms with Crippen LogP contribution >= 0.6 is 0 Å². The van der Waals surface area contributed by atoms with Gasteiger partial charge in [0.1, 0.15) is 0 Å². The van der Waals surface area contributed by atoms with E-state index in [9.17, 15) is 0 Å². The van der Waals surface area contributed by atoms with Gasteiger partial charge in [0.05, 0.1) is 0 Å². The van der Waals surface area contributed by atoms with Gasteiger partial charge in [-0.2, -0.15) is 0 Å². The van der Waals surface area contributed by atoms with Crippen LogP contribution in [0, 0.1) is 11.8 Å². The lowest BCUT2D eigenvalue weighted by Gasteiger charge is -2.42. The SMILES string of the molecule is CCN(CC)CCCN[C@H]1CCC[C@H]2CCCCC21. The molecule has 0 aromatic rings. The fraction of sp³-hybridized carbons (Fsp3) is 1.00. The highest BCUT2D eigenvalue weighted by molar-refractivity contribution is 4.89. The van der Waals surface area contributed by atoms with Crippen molar-refractivity contribution in [1.82, 2.24) is 10.2 Å². The maximum Gasteiger partial charge on any atom is 0.00979 e. The van der Waals surface area contributed by atoms with Gasteiger partial charge in [-0.15, -0.1) is 0 Å². The second-order valence-electron chi connectivity index (χ2n) is 6.58. The summed E-state index contributed by atoms with van der Waals surface area (Å²) >= 11 is 0. The Morgan fingerprint density at radius 2 is 1.68 bits per heavy atom. The molecule has 0 aliphatic heterocycles. The molecule has 0 bridgehead atoms. The highest BCUT2D eigenvalue weighted by atomic mass is 15.1. The van der Waals surface area contributed by atoms with Crippen molar-refractivity contribution in [2.75, 3.05) is 26.2 Å². The average Bonchev–Trinajstić information content (AvgIpc) is 2.47. The first-order chi connectivity index (χ1) is 9.35. The number of nitrogens with zero attached hydrogens (tertiary/aromatic N) is 1. The molecule has 2 aliphatic rings. The molecule has 1 N–H and O–H groups in total. The molecule has 19 heavy (non-hydrogen) atoms. The molecule has 0 aromatic carbocycles. The zero-order valence-corrected chi connectivity index (χ0v) is 13.2. The van der Waals surface area contributed by atoms with Crippen LogP contribution in [0.25, 0.3) is 0 Å². The molecule has 2 saturated carbocycles. The molecule has 0 heterocycles. The van der Waals surface area contributed by atoms with Crippen LogP contribution in [-0.4, -0.2) is 37.1 Å². The monoisotopic (exact) mass is 266 g/mol. The summed E-state index contributed by atoms with van der Waals surface area (Å²) in [5.41, 5.74) is 0. The van der Waals surface area contributed by atoms with Gasteiger partial charge in [-0.05, 0) is 57.3 Å². The second kappa shape index (κ2) is 8.26. The fourth-order valence-corrected chi connectivity index (χ4v) is 4.32. The van der Waals surface area contributed by atoms with Gasteiger partial charge in [-0.1, -0.05) is 46.0 Å². The highest BCUT2D eigenvalue weighted by Crippen LogP contribution is 2.40. The van der Waals surface area contributed by atoms with E-state index in [4.69, 9.17) is 0 Å². The Labute approximate surface area is 120 Å². The third-order valence-electron chi connectivity index (χ3n) is 5.53. The van der Waals surface area contributed by atoms with E-state index >= 15 is 0 Å².